The number of hydrogen-bond acceptors (Lipinski definition) is 3. The largest absolute Gasteiger partial charge is 0.493 e. The number of aromatic amines is 1. The van der Waals surface area contributed by atoms with Crippen molar-refractivity contribution in [2.24, 2.45) is 0 Å². The molecule has 1 heterocycles. The Balaban J connectivity index is 2.92. The minimum atomic E-state index is -0.107. The first-order chi connectivity index (χ1) is 8.08. The van der Waals surface area contributed by atoms with E-state index in [1.54, 1.807) is 20.3 Å². The summed E-state index contributed by atoms with van der Waals surface area (Å²) in [6.45, 7) is 3.85. The Morgan fingerprint density at radius 1 is 1.00 bits per heavy atom. The molecule has 4 nitrogen and oxygen atoms in total. The third-order valence-corrected chi connectivity index (χ3v) is 3.04. The molecule has 1 aromatic carbocycles. The molecule has 0 spiro atoms. The van der Waals surface area contributed by atoms with E-state index in [1.165, 1.54) is 0 Å². The molecule has 0 fully saturated rings. The second kappa shape index (κ2) is 4.13. The standard InChI is InChI=1S/C13H15NO3/c1-7-8(2)14-13(15)10-6-12(17-4)11(16-3)5-9(7)10/h5-6H,1-4H3,(H,14,15). The Morgan fingerprint density at radius 3 is 2.06 bits per heavy atom. The van der Waals surface area contributed by atoms with Gasteiger partial charge < -0.3 is 14.5 Å². The van der Waals surface area contributed by atoms with Gasteiger partial charge in [0.25, 0.3) is 5.56 Å². The van der Waals surface area contributed by atoms with Crippen LogP contribution in [0, 0.1) is 13.8 Å². The molecule has 0 atom stereocenters. The van der Waals surface area contributed by atoms with Gasteiger partial charge in [0, 0.05) is 5.69 Å². The number of H-pyrrole nitrogens is 1. The Kier molecular flexibility index (Phi) is 2.79. The van der Waals surface area contributed by atoms with Crippen molar-refractivity contribution >= 4 is 10.8 Å². The second-order valence-electron chi connectivity index (χ2n) is 3.96. The van der Waals surface area contributed by atoms with Crippen LogP contribution < -0.4 is 15.0 Å². The van der Waals surface area contributed by atoms with E-state index < -0.39 is 0 Å². The lowest BCUT2D eigenvalue weighted by molar-refractivity contribution is 0.356. The molecule has 4 heteroatoms. The summed E-state index contributed by atoms with van der Waals surface area (Å²) < 4.78 is 10.4. The molecular weight excluding hydrogens is 218 g/mol. The van der Waals surface area contributed by atoms with Crippen LogP contribution in [-0.4, -0.2) is 19.2 Å². The molecule has 1 aromatic heterocycles. The third kappa shape index (κ3) is 1.75. The summed E-state index contributed by atoms with van der Waals surface area (Å²) >= 11 is 0. The maximum atomic E-state index is 11.9. The van der Waals surface area contributed by atoms with Gasteiger partial charge in [-0.15, -0.1) is 0 Å². The highest BCUT2D eigenvalue weighted by Gasteiger charge is 2.11. The number of aromatic nitrogens is 1. The quantitative estimate of drug-likeness (QED) is 0.864. The summed E-state index contributed by atoms with van der Waals surface area (Å²) in [7, 11) is 3.14. The van der Waals surface area contributed by atoms with E-state index in [0.717, 1.165) is 16.6 Å². The van der Waals surface area contributed by atoms with Gasteiger partial charge in [-0.1, -0.05) is 0 Å². The highest BCUT2D eigenvalue weighted by atomic mass is 16.5. The SMILES string of the molecule is COc1cc2c(C)c(C)[nH]c(=O)c2cc1OC. The first kappa shape index (κ1) is 11.5. The first-order valence-electron chi connectivity index (χ1n) is 5.33. The lowest BCUT2D eigenvalue weighted by Crippen LogP contribution is -2.10. The van der Waals surface area contributed by atoms with E-state index in [1.807, 2.05) is 19.9 Å². The van der Waals surface area contributed by atoms with Gasteiger partial charge >= 0.3 is 0 Å². The van der Waals surface area contributed by atoms with E-state index in [9.17, 15) is 4.79 Å². The maximum Gasteiger partial charge on any atom is 0.256 e. The minimum Gasteiger partial charge on any atom is -0.493 e. The van der Waals surface area contributed by atoms with Crippen LogP contribution in [0.25, 0.3) is 10.8 Å². The number of pyridine rings is 1. The van der Waals surface area contributed by atoms with Crippen LogP contribution >= 0.6 is 0 Å². The number of benzene rings is 1. The fourth-order valence-corrected chi connectivity index (χ4v) is 1.91. The molecule has 0 aliphatic carbocycles. The van der Waals surface area contributed by atoms with Crippen molar-refractivity contribution in [2.75, 3.05) is 14.2 Å². The van der Waals surface area contributed by atoms with E-state index in [4.69, 9.17) is 9.47 Å². The predicted molar refractivity (Wildman–Crippen MR) is 67.1 cm³/mol. The highest BCUT2D eigenvalue weighted by Crippen LogP contribution is 2.32. The molecule has 17 heavy (non-hydrogen) atoms. The van der Waals surface area contributed by atoms with Gasteiger partial charge in [-0.2, -0.15) is 0 Å². The molecule has 2 aromatic rings. The maximum absolute atomic E-state index is 11.9. The van der Waals surface area contributed by atoms with Gasteiger partial charge in [0.15, 0.2) is 11.5 Å². The average Bonchev–Trinajstić information content (AvgIpc) is 2.34. The van der Waals surface area contributed by atoms with Crippen LogP contribution in [0.15, 0.2) is 16.9 Å². The number of hydrogen-bond donors (Lipinski definition) is 1. The van der Waals surface area contributed by atoms with Crippen LogP contribution in [-0.2, 0) is 0 Å². The zero-order valence-electron chi connectivity index (χ0n) is 10.4. The lowest BCUT2D eigenvalue weighted by Gasteiger charge is -2.11. The summed E-state index contributed by atoms with van der Waals surface area (Å²) in [5.74, 6) is 1.20. The van der Waals surface area contributed by atoms with Crippen molar-refractivity contribution in [2.45, 2.75) is 13.8 Å². The van der Waals surface area contributed by atoms with Gasteiger partial charge in [0.2, 0.25) is 0 Å². The lowest BCUT2D eigenvalue weighted by atomic mass is 10.1. The van der Waals surface area contributed by atoms with Gasteiger partial charge in [-0.05, 0) is 36.9 Å². The van der Waals surface area contributed by atoms with E-state index in [0.29, 0.717) is 16.9 Å². The van der Waals surface area contributed by atoms with Crippen LogP contribution in [0.2, 0.25) is 0 Å². The number of methoxy groups -OCH3 is 2. The Bertz CT molecular complexity index is 629. The van der Waals surface area contributed by atoms with E-state index in [2.05, 4.69) is 4.98 Å². The predicted octanol–water partition coefficient (Wildman–Crippen LogP) is 2.16. The molecule has 1 N–H and O–H groups in total. The molecule has 0 amide bonds. The number of nitrogens with one attached hydrogen (secondary N) is 1. The van der Waals surface area contributed by atoms with Gasteiger partial charge in [-0.3, -0.25) is 4.79 Å². The Labute approximate surface area is 99.2 Å². The van der Waals surface area contributed by atoms with Crippen molar-refractivity contribution in [1.29, 1.82) is 0 Å². The second-order valence-corrected chi connectivity index (χ2v) is 3.96. The summed E-state index contributed by atoms with van der Waals surface area (Å²) in [6, 6.07) is 3.55. The Hall–Kier alpha value is -1.97. The topological polar surface area (TPSA) is 51.3 Å². The highest BCUT2D eigenvalue weighted by molar-refractivity contribution is 5.88. The molecule has 0 bridgehead atoms. The van der Waals surface area contributed by atoms with Gasteiger partial charge in [-0.25, -0.2) is 0 Å². The summed E-state index contributed by atoms with van der Waals surface area (Å²) in [5.41, 5.74) is 1.80. The molecule has 0 aliphatic rings. The summed E-state index contributed by atoms with van der Waals surface area (Å²) in [4.78, 5) is 14.7. The normalized spacial score (nSPS) is 10.6. The monoisotopic (exact) mass is 233 g/mol. The molecule has 0 radical (unpaired) electrons. The smallest absolute Gasteiger partial charge is 0.256 e. The number of aryl methyl sites for hydroxylation is 2. The molecular formula is C13H15NO3. The molecule has 0 unspecified atom stereocenters. The summed E-state index contributed by atoms with van der Waals surface area (Å²) in [6.07, 6.45) is 0. The van der Waals surface area contributed by atoms with Crippen molar-refractivity contribution in [3.05, 3.63) is 33.7 Å². The van der Waals surface area contributed by atoms with Crippen molar-refractivity contribution in [1.82, 2.24) is 4.98 Å². The van der Waals surface area contributed by atoms with Gasteiger partial charge in [0.05, 0.1) is 19.6 Å². The van der Waals surface area contributed by atoms with E-state index in [-0.39, 0.29) is 5.56 Å². The molecule has 0 saturated heterocycles. The fraction of sp³-hybridized carbons (Fsp3) is 0.308. The summed E-state index contributed by atoms with van der Waals surface area (Å²) in [5, 5.41) is 1.51. The third-order valence-electron chi connectivity index (χ3n) is 3.04. The van der Waals surface area contributed by atoms with Gasteiger partial charge in [0.1, 0.15) is 0 Å². The van der Waals surface area contributed by atoms with Crippen LogP contribution in [0.4, 0.5) is 0 Å². The number of rotatable bonds is 2. The van der Waals surface area contributed by atoms with Crippen LogP contribution in [0.1, 0.15) is 11.3 Å². The molecule has 90 valence electrons. The average molecular weight is 233 g/mol. The zero-order valence-corrected chi connectivity index (χ0v) is 10.4. The fourth-order valence-electron chi connectivity index (χ4n) is 1.91. The number of fused-ring (bicyclic) bond motifs is 1. The zero-order chi connectivity index (χ0) is 12.6. The minimum absolute atomic E-state index is 0.107. The van der Waals surface area contributed by atoms with Crippen LogP contribution in [0.5, 0.6) is 11.5 Å². The van der Waals surface area contributed by atoms with Crippen molar-refractivity contribution in [3.63, 3.8) is 0 Å². The van der Waals surface area contributed by atoms with E-state index >= 15 is 0 Å². The molecule has 0 aliphatic heterocycles. The number of ether oxygens (including phenoxy) is 2. The molecule has 2 rings (SSSR count). The van der Waals surface area contributed by atoms with Crippen molar-refractivity contribution in [3.8, 4) is 11.5 Å². The Morgan fingerprint density at radius 2 is 1.53 bits per heavy atom. The first-order valence-corrected chi connectivity index (χ1v) is 5.33. The van der Waals surface area contributed by atoms with Crippen LogP contribution in [0.3, 0.4) is 0 Å². The molecule has 0 saturated carbocycles. The van der Waals surface area contributed by atoms with Crippen molar-refractivity contribution < 1.29 is 9.47 Å².